The highest BCUT2D eigenvalue weighted by Crippen LogP contribution is 2.54. The Bertz CT molecular complexity index is 5110. The van der Waals surface area contributed by atoms with Crippen LogP contribution in [0.5, 0.6) is 0 Å². The summed E-state index contributed by atoms with van der Waals surface area (Å²) in [4.78, 5) is 15.2. The molecule has 6 heteroatoms. The lowest BCUT2D eigenvalue weighted by molar-refractivity contribution is 1.16. The Morgan fingerprint density at radius 1 is 0.234 bits per heavy atom. The third-order valence-electron chi connectivity index (χ3n) is 19.1. The number of aromatic nitrogens is 3. The normalized spacial score (nSPS) is 12.2. The van der Waals surface area contributed by atoms with Crippen LogP contribution in [0.15, 0.2) is 352 Å². The van der Waals surface area contributed by atoms with Crippen molar-refractivity contribution in [1.29, 1.82) is 0 Å². The van der Waals surface area contributed by atoms with E-state index in [1.54, 1.807) is 0 Å². The molecule has 0 atom stereocenters. The second kappa shape index (κ2) is 22.8. The summed E-state index contributed by atoms with van der Waals surface area (Å²) in [5.74, 6) is 0. The Kier molecular flexibility index (Phi) is 13.3. The highest BCUT2D eigenvalue weighted by Gasteiger charge is 2.46. The number of nitrogens with zero attached hydrogens (tertiary/aromatic N) is 5. The molecule has 0 saturated heterocycles. The summed E-state index contributed by atoms with van der Waals surface area (Å²) in [6.07, 6.45) is 8.01. The molecule has 16 aromatic rings. The van der Waals surface area contributed by atoms with E-state index in [9.17, 15) is 0 Å². The van der Waals surface area contributed by atoms with E-state index in [1.165, 1.54) is 27.2 Å². The van der Waals surface area contributed by atoms with E-state index in [4.69, 9.17) is 9.97 Å². The number of pyridine rings is 2. The highest BCUT2D eigenvalue weighted by molar-refractivity contribution is 7.00. The van der Waals surface area contributed by atoms with Gasteiger partial charge in [0.2, 0.25) is 0 Å². The van der Waals surface area contributed by atoms with Crippen molar-refractivity contribution in [3.05, 3.63) is 352 Å². The Labute approximate surface area is 547 Å². The number of fused-ring (bicyclic) bond motifs is 7. The molecule has 94 heavy (non-hydrogen) atoms. The van der Waals surface area contributed by atoms with Gasteiger partial charge in [0.1, 0.15) is 0 Å². The maximum atomic E-state index is 4.97. The Morgan fingerprint density at radius 2 is 0.553 bits per heavy atom. The molecule has 3 aromatic heterocycles. The molecule has 0 unspecified atom stereocenters. The van der Waals surface area contributed by atoms with Gasteiger partial charge in [0.05, 0.1) is 28.1 Å². The minimum absolute atomic E-state index is 0.307. The number of anilines is 6. The van der Waals surface area contributed by atoms with Crippen molar-refractivity contribution in [1.82, 2.24) is 14.5 Å². The second-order valence-corrected chi connectivity index (χ2v) is 24.4. The fourth-order valence-electron chi connectivity index (χ4n) is 14.9. The predicted molar refractivity (Wildman–Crippen MR) is 394 cm³/mol. The van der Waals surface area contributed by atoms with Gasteiger partial charge in [-0.2, -0.15) is 0 Å². The first kappa shape index (κ1) is 54.5. The number of benzene rings is 13. The van der Waals surface area contributed by atoms with Crippen molar-refractivity contribution in [2.75, 3.05) is 9.80 Å². The third kappa shape index (κ3) is 9.17. The highest BCUT2D eigenvalue weighted by atomic mass is 15.2. The average Bonchev–Trinajstić information content (AvgIpc) is 0.760. The summed E-state index contributed by atoms with van der Waals surface area (Å²) in [6, 6.07) is 121. The van der Waals surface area contributed by atoms with Gasteiger partial charge in [-0.25, -0.2) is 0 Å². The van der Waals surface area contributed by atoms with Gasteiger partial charge in [-0.05, 0) is 109 Å². The average molecular weight is 1200 g/mol. The number of para-hydroxylation sites is 4. The third-order valence-corrected chi connectivity index (χ3v) is 19.1. The summed E-state index contributed by atoms with van der Waals surface area (Å²) in [5.41, 5.74) is 31.0. The number of hydrogen-bond donors (Lipinski definition) is 0. The van der Waals surface area contributed by atoms with Crippen LogP contribution in [0.1, 0.15) is 0 Å². The van der Waals surface area contributed by atoms with Gasteiger partial charge in [-0.15, -0.1) is 0 Å². The topological polar surface area (TPSA) is 37.2 Å². The maximum Gasteiger partial charge on any atom is 0.252 e. The van der Waals surface area contributed by atoms with E-state index in [-0.39, 0.29) is 6.71 Å². The summed E-state index contributed by atoms with van der Waals surface area (Å²) in [5, 5.41) is 2.40. The molecule has 18 rings (SSSR count). The molecule has 5 heterocycles. The molecule has 13 aromatic carbocycles. The van der Waals surface area contributed by atoms with Gasteiger partial charge >= 0.3 is 0 Å². The van der Waals surface area contributed by atoms with Crippen LogP contribution >= 0.6 is 0 Å². The molecule has 0 bridgehead atoms. The quantitative estimate of drug-likeness (QED) is 0.121. The van der Waals surface area contributed by atoms with Gasteiger partial charge in [0.25, 0.3) is 6.71 Å². The summed E-state index contributed by atoms with van der Waals surface area (Å²) >= 11 is 0. The minimum Gasteiger partial charge on any atom is -0.310 e. The van der Waals surface area contributed by atoms with Crippen LogP contribution in [0.4, 0.5) is 34.1 Å². The van der Waals surface area contributed by atoms with E-state index in [1.807, 2.05) is 24.8 Å². The lowest BCUT2D eigenvalue weighted by atomic mass is 9.33. The van der Waals surface area contributed by atoms with Crippen LogP contribution in [-0.2, 0) is 0 Å². The molecule has 2 aliphatic heterocycles. The van der Waals surface area contributed by atoms with Gasteiger partial charge in [-0.1, -0.05) is 279 Å². The first-order valence-electron chi connectivity index (χ1n) is 32.2. The molecule has 0 aliphatic carbocycles. The standard InChI is InChI=1S/C88H58BN5/c1-7-25-59(26-8-1)67-49-69(57-90-55-67)65-45-47-82-78(51-65)89-79-52-66(70-50-68(56-91-58-70)60-27-9-2-10-28-60)46-48-83(79)94(88-74(63-33-15-5-16-34-63)41-24-42-75(88)64-35-17-6-18-36-64)85-54-71(92-80-43-21-19-37-76(80)77-38-20-22-44-81(77)92)53-84(86(85)89)93(82)87-72(61-29-11-3-12-30-61)39-23-40-73(87)62-31-13-4-14-32-62/h1-58H. The maximum absolute atomic E-state index is 4.97. The minimum atomic E-state index is -0.307. The molecular formula is C88H58BN5. The van der Waals surface area contributed by atoms with E-state index >= 15 is 0 Å². The smallest absolute Gasteiger partial charge is 0.252 e. The first-order chi connectivity index (χ1) is 46.7. The fourth-order valence-corrected chi connectivity index (χ4v) is 14.9. The molecule has 0 spiro atoms. The Balaban J connectivity index is 1.02. The zero-order valence-electron chi connectivity index (χ0n) is 51.3. The molecule has 0 N–H and O–H groups in total. The number of hydrogen-bond acceptors (Lipinski definition) is 4. The largest absolute Gasteiger partial charge is 0.310 e. The van der Waals surface area contributed by atoms with E-state index < -0.39 is 0 Å². The van der Waals surface area contributed by atoms with Gasteiger partial charge in [0, 0.05) is 103 Å². The van der Waals surface area contributed by atoms with Crippen LogP contribution in [0.25, 0.3) is 117 Å². The molecule has 438 valence electrons. The first-order valence-corrected chi connectivity index (χ1v) is 32.2. The summed E-state index contributed by atoms with van der Waals surface area (Å²) in [7, 11) is 0. The van der Waals surface area contributed by atoms with Gasteiger partial charge in [-0.3, -0.25) is 9.97 Å². The van der Waals surface area contributed by atoms with E-state index in [0.717, 1.165) is 140 Å². The zero-order valence-corrected chi connectivity index (χ0v) is 51.3. The van der Waals surface area contributed by atoms with Gasteiger partial charge < -0.3 is 14.4 Å². The summed E-state index contributed by atoms with van der Waals surface area (Å²) < 4.78 is 2.51. The SMILES string of the molecule is c1ccc(-c2cncc(-c3ccc4c(c3)B3c5cc(-c6cncc(-c7ccccc7)c6)ccc5N(c5c(-c6ccccc6)cccc5-c5ccccc5)c5cc(-n6c7ccccc7c7ccccc76)cc(c53)N4c3c(-c4ccccc4)cccc3-c3ccccc3)c2)cc1. The van der Waals surface area contributed by atoms with Gasteiger partial charge in [0.15, 0.2) is 0 Å². The van der Waals surface area contributed by atoms with Crippen LogP contribution in [-0.4, -0.2) is 21.2 Å². The Morgan fingerprint density at radius 3 is 0.915 bits per heavy atom. The predicted octanol–water partition coefficient (Wildman–Crippen LogP) is 21.0. The van der Waals surface area contributed by atoms with Crippen molar-refractivity contribution in [2.24, 2.45) is 0 Å². The fraction of sp³-hybridized carbons (Fsp3) is 0. The van der Waals surface area contributed by atoms with Crippen molar-refractivity contribution in [2.45, 2.75) is 0 Å². The van der Waals surface area contributed by atoms with E-state index in [2.05, 4.69) is 342 Å². The molecule has 5 nitrogen and oxygen atoms in total. The zero-order chi connectivity index (χ0) is 62.1. The van der Waals surface area contributed by atoms with E-state index in [0.29, 0.717) is 0 Å². The van der Waals surface area contributed by atoms with Crippen LogP contribution in [0.2, 0.25) is 0 Å². The van der Waals surface area contributed by atoms with Crippen molar-refractivity contribution in [3.8, 4) is 94.7 Å². The van der Waals surface area contributed by atoms with Crippen LogP contribution < -0.4 is 26.2 Å². The number of rotatable bonds is 11. The van der Waals surface area contributed by atoms with Crippen LogP contribution in [0, 0.1) is 0 Å². The lowest BCUT2D eigenvalue weighted by Crippen LogP contribution is -2.61. The molecular weight excluding hydrogens is 1140 g/mol. The molecule has 0 radical (unpaired) electrons. The van der Waals surface area contributed by atoms with Crippen LogP contribution in [0.3, 0.4) is 0 Å². The van der Waals surface area contributed by atoms with Crippen molar-refractivity contribution in [3.63, 3.8) is 0 Å². The van der Waals surface area contributed by atoms with Crippen molar-refractivity contribution < 1.29 is 0 Å². The second-order valence-electron chi connectivity index (χ2n) is 24.4. The van der Waals surface area contributed by atoms with Crippen molar-refractivity contribution >= 4 is 79.0 Å². The lowest BCUT2D eigenvalue weighted by Gasteiger charge is -2.46. The molecule has 0 saturated carbocycles. The monoisotopic (exact) mass is 1200 g/mol. The summed E-state index contributed by atoms with van der Waals surface area (Å²) in [6.45, 7) is -0.307. The molecule has 0 fully saturated rings. The molecule has 2 aliphatic rings. The Hall–Kier alpha value is -12.4. The molecule has 0 amide bonds.